The van der Waals surface area contributed by atoms with Crippen molar-refractivity contribution in [1.82, 2.24) is 5.32 Å². The highest BCUT2D eigenvalue weighted by atomic mass is 35.5. The average molecular weight is 325 g/mol. The van der Waals surface area contributed by atoms with Crippen molar-refractivity contribution < 1.29 is 4.79 Å². The second kappa shape index (κ2) is 8.54. The number of hydrogen-bond donors (Lipinski definition) is 2. The number of nitrogens with one attached hydrogen (secondary N) is 1. The predicted octanol–water partition coefficient (Wildman–Crippen LogP) is 3.55. The number of rotatable bonds is 5. The normalized spacial score (nSPS) is 21.8. The third-order valence-electron chi connectivity index (χ3n) is 5.08. The van der Waals surface area contributed by atoms with E-state index < -0.39 is 5.41 Å². The van der Waals surface area contributed by atoms with Crippen molar-refractivity contribution in [3.05, 3.63) is 35.9 Å². The van der Waals surface area contributed by atoms with Crippen molar-refractivity contribution in [2.75, 3.05) is 0 Å². The minimum atomic E-state index is -0.402. The van der Waals surface area contributed by atoms with Crippen molar-refractivity contribution in [1.29, 1.82) is 0 Å². The smallest absolute Gasteiger partial charge is 0.230 e. The molecule has 0 atom stereocenters. The van der Waals surface area contributed by atoms with Crippen LogP contribution in [0.1, 0.15) is 57.9 Å². The van der Waals surface area contributed by atoms with E-state index in [9.17, 15) is 4.79 Å². The molecule has 1 fully saturated rings. The number of hydrogen-bond acceptors (Lipinski definition) is 2. The highest BCUT2D eigenvalue weighted by Gasteiger charge is 2.37. The lowest BCUT2D eigenvalue weighted by molar-refractivity contribution is -0.128. The van der Waals surface area contributed by atoms with Gasteiger partial charge in [0.05, 0.1) is 5.41 Å². The van der Waals surface area contributed by atoms with E-state index in [-0.39, 0.29) is 18.3 Å². The van der Waals surface area contributed by atoms with Gasteiger partial charge in [0, 0.05) is 12.1 Å². The molecule has 0 radical (unpaired) electrons. The SMILES string of the molecule is CCC(CC)(C(=O)NC1CCC(N)CC1)c1ccccc1.Cl. The van der Waals surface area contributed by atoms with E-state index in [0.717, 1.165) is 44.1 Å². The van der Waals surface area contributed by atoms with Crippen LogP contribution in [0.5, 0.6) is 0 Å². The van der Waals surface area contributed by atoms with Crippen LogP contribution in [0, 0.1) is 0 Å². The quantitative estimate of drug-likeness (QED) is 0.870. The number of carbonyl (C=O) groups excluding carboxylic acids is 1. The summed E-state index contributed by atoms with van der Waals surface area (Å²) in [7, 11) is 0. The zero-order chi connectivity index (χ0) is 15.3. The maximum atomic E-state index is 12.9. The molecule has 0 heterocycles. The van der Waals surface area contributed by atoms with Crippen molar-refractivity contribution in [2.45, 2.75) is 69.9 Å². The minimum absolute atomic E-state index is 0. The number of amides is 1. The standard InChI is InChI=1S/C18H28N2O.ClH/c1-3-18(4-2,14-8-6-5-7-9-14)17(21)20-16-12-10-15(19)11-13-16;/h5-9,15-16H,3-4,10-13,19H2,1-2H3,(H,20,21);1H. The van der Waals surface area contributed by atoms with Crippen molar-refractivity contribution >= 4 is 18.3 Å². The van der Waals surface area contributed by atoms with Gasteiger partial charge in [-0.05, 0) is 44.1 Å². The largest absolute Gasteiger partial charge is 0.353 e. The summed E-state index contributed by atoms with van der Waals surface area (Å²) in [4.78, 5) is 12.9. The Balaban J connectivity index is 0.00000242. The molecule has 124 valence electrons. The topological polar surface area (TPSA) is 55.1 Å². The Morgan fingerprint density at radius 2 is 1.68 bits per heavy atom. The number of halogens is 1. The van der Waals surface area contributed by atoms with E-state index in [1.807, 2.05) is 18.2 Å². The van der Waals surface area contributed by atoms with Crippen LogP contribution in [0.15, 0.2) is 30.3 Å². The molecule has 3 nitrogen and oxygen atoms in total. The second-order valence-electron chi connectivity index (χ2n) is 6.24. The van der Waals surface area contributed by atoms with Crippen LogP contribution in [0.3, 0.4) is 0 Å². The fraction of sp³-hybridized carbons (Fsp3) is 0.611. The van der Waals surface area contributed by atoms with Gasteiger partial charge in [-0.2, -0.15) is 0 Å². The van der Waals surface area contributed by atoms with Crippen molar-refractivity contribution in [3.8, 4) is 0 Å². The molecule has 3 N–H and O–H groups in total. The Hall–Kier alpha value is -1.06. The molecule has 22 heavy (non-hydrogen) atoms. The van der Waals surface area contributed by atoms with Gasteiger partial charge in [-0.1, -0.05) is 44.2 Å². The van der Waals surface area contributed by atoms with Gasteiger partial charge in [-0.3, -0.25) is 4.79 Å². The van der Waals surface area contributed by atoms with Gasteiger partial charge in [0.1, 0.15) is 0 Å². The maximum absolute atomic E-state index is 12.9. The van der Waals surface area contributed by atoms with E-state index in [4.69, 9.17) is 5.73 Å². The van der Waals surface area contributed by atoms with Gasteiger partial charge in [0.15, 0.2) is 0 Å². The highest BCUT2D eigenvalue weighted by molar-refractivity contribution is 5.88. The van der Waals surface area contributed by atoms with Crippen LogP contribution in [-0.2, 0) is 10.2 Å². The van der Waals surface area contributed by atoms with Gasteiger partial charge in [-0.15, -0.1) is 12.4 Å². The van der Waals surface area contributed by atoms with Crippen LogP contribution in [0.25, 0.3) is 0 Å². The van der Waals surface area contributed by atoms with Crippen LogP contribution >= 0.6 is 12.4 Å². The molecular formula is C18H29ClN2O. The van der Waals surface area contributed by atoms with Crippen LogP contribution in [0.2, 0.25) is 0 Å². The summed E-state index contributed by atoms with van der Waals surface area (Å²) in [5, 5.41) is 3.29. The molecular weight excluding hydrogens is 296 g/mol. The number of benzene rings is 1. The van der Waals surface area contributed by atoms with Gasteiger partial charge in [0.2, 0.25) is 5.91 Å². The minimum Gasteiger partial charge on any atom is -0.353 e. The van der Waals surface area contributed by atoms with Gasteiger partial charge in [-0.25, -0.2) is 0 Å². The third-order valence-corrected chi connectivity index (χ3v) is 5.08. The molecule has 0 aliphatic heterocycles. The number of nitrogens with two attached hydrogens (primary N) is 1. The summed E-state index contributed by atoms with van der Waals surface area (Å²) < 4.78 is 0. The Morgan fingerprint density at radius 1 is 1.14 bits per heavy atom. The zero-order valence-corrected chi connectivity index (χ0v) is 14.5. The highest BCUT2D eigenvalue weighted by Crippen LogP contribution is 2.32. The number of carbonyl (C=O) groups is 1. The van der Waals surface area contributed by atoms with Crippen LogP contribution in [-0.4, -0.2) is 18.0 Å². The first kappa shape index (κ1) is 19.0. The van der Waals surface area contributed by atoms with E-state index in [0.29, 0.717) is 12.1 Å². The van der Waals surface area contributed by atoms with Crippen molar-refractivity contribution in [3.63, 3.8) is 0 Å². The lowest BCUT2D eigenvalue weighted by Gasteiger charge is -2.34. The van der Waals surface area contributed by atoms with Gasteiger partial charge in [0.25, 0.3) is 0 Å². The Kier molecular flexibility index (Phi) is 7.37. The van der Waals surface area contributed by atoms with E-state index in [1.54, 1.807) is 0 Å². The summed E-state index contributed by atoms with van der Waals surface area (Å²) >= 11 is 0. The Bertz CT molecular complexity index is 451. The zero-order valence-electron chi connectivity index (χ0n) is 13.7. The molecule has 2 rings (SSSR count). The van der Waals surface area contributed by atoms with Gasteiger partial charge < -0.3 is 11.1 Å². The second-order valence-corrected chi connectivity index (χ2v) is 6.24. The molecule has 1 aromatic carbocycles. The lowest BCUT2D eigenvalue weighted by atomic mass is 9.74. The molecule has 1 amide bonds. The molecule has 0 spiro atoms. The first-order valence-electron chi connectivity index (χ1n) is 8.24. The van der Waals surface area contributed by atoms with Gasteiger partial charge >= 0.3 is 0 Å². The molecule has 1 aliphatic rings. The maximum Gasteiger partial charge on any atom is 0.230 e. The van der Waals surface area contributed by atoms with E-state index in [2.05, 4.69) is 31.3 Å². The molecule has 0 saturated heterocycles. The first-order valence-corrected chi connectivity index (χ1v) is 8.24. The predicted molar refractivity (Wildman–Crippen MR) is 94.3 cm³/mol. The molecule has 1 saturated carbocycles. The monoisotopic (exact) mass is 324 g/mol. The molecule has 0 bridgehead atoms. The van der Waals surface area contributed by atoms with Crippen LogP contribution in [0.4, 0.5) is 0 Å². The average Bonchev–Trinajstić information content (AvgIpc) is 2.52. The lowest BCUT2D eigenvalue weighted by Crippen LogP contribution is -2.49. The molecule has 0 aromatic heterocycles. The summed E-state index contributed by atoms with van der Waals surface area (Å²) in [6.45, 7) is 4.21. The molecule has 4 heteroatoms. The van der Waals surface area contributed by atoms with Crippen LogP contribution < -0.4 is 11.1 Å². The molecule has 0 unspecified atom stereocenters. The van der Waals surface area contributed by atoms with Crippen molar-refractivity contribution in [2.24, 2.45) is 5.73 Å². The first-order chi connectivity index (χ1) is 10.1. The summed E-state index contributed by atoms with van der Waals surface area (Å²) in [6, 6.07) is 10.8. The summed E-state index contributed by atoms with van der Waals surface area (Å²) in [5.41, 5.74) is 6.67. The summed E-state index contributed by atoms with van der Waals surface area (Å²) in [6.07, 6.45) is 5.69. The molecule has 1 aromatic rings. The fourth-order valence-electron chi connectivity index (χ4n) is 3.45. The third kappa shape index (κ3) is 4.02. The molecule has 1 aliphatic carbocycles. The Labute approximate surface area is 140 Å². The van der Waals surface area contributed by atoms with E-state index >= 15 is 0 Å². The Morgan fingerprint density at radius 3 is 2.18 bits per heavy atom. The van der Waals surface area contributed by atoms with E-state index in [1.165, 1.54) is 0 Å². The summed E-state index contributed by atoms with van der Waals surface area (Å²) in [5.74, 6) is 0.180. The fourth-order valence-corrected chi connectivity index (χ4v) is 3.45.